The number of aromatic nitrogens is 7. The van der Waals surface area contributed by atoms with Crippen molar-refractivity contribution in [2.45, 2.75) is 49.8 Å². The molecule has 5 heterocycles. The Kier molecular flexibility index (Phi) is 9.08. The van der Waals surface area contributed by atoms with Crippen molar-refractivity contribution < 1.29 is 37.1 Å². The zero-order valence-electron chi connectivity index (χ0n) is 23.6. The third-order valence-electron chi connectivity index (χ3n) is 7.86. The fraction of sp³-hybridized carbons (Fsp3) is 0.522. The first-order valence-corrected chi connectivity index (χ1v) is 19.1. The van der Waals surface area contributed by atoms with E-state index in [4.69, 9.17) is 34.5 Å². The summed E-state index contributed by atoms with van der Waals surface area (Å²) >= 11 is 7.79. The summed E-state index contributed by atoms with van der Waals surface area (Å²) in [6.45, 7) is -8.63. The Balaban J connectivity index is 1.19. The maximum absolute atomic E-state index is 13.7. The van der Waals surface area contributed by atoms with Crippen LogP contribution < -0.4 is 17.0 Å². The van der Waals surface area contributed by atoms with Crippen molar-refractivity contribution in [3.05, 3.63) is 35.3 Å². The van der Waals surface area contributed by atoms with Crippen LogP contribution in [0.3, 0.4) is 0 Å². The van der Waals surface area contributed by atoms with Crippen LogP contribution in [0.25, 0.3) is 22.2 Å². The van der Waals surface area contributed by atoms with Crippen LogP contribution in [0.5, 0.6) is 0 Å². The van der Waals surface area contributed by atoms with Gasteiger partial charge in [0.2, 0.25) is 5.95 Å². The highest BCUT2D eigenvalue weighted by molar-refractivity contribution is 8.44. The molecule has 0 aromatic carbocycles. The van der Waals surface area contributed by atoms with Gasteiger partial charge in [-0.2, -0.15) is 4.98 Å². The molecular formula is C23H31N9O9P2S2. The lowest BCUT2D eigenvalue weighted by molar-refractivity contribution is -0.0489. The SMILES string of the molecule is CO[C@H]1[C@@H](O[P@@](=O)(S)OC[C@@H]2CC[C@H](n3ccc4c(N)ncnc43)C2)[C@H](n2cnc3c(=O)[nH]c(N)nc32)O[C@@H]1COP(=O)(O)S. The Morgan fingerprint density at radius 2 is 1.91 bits per heavy atom. The average molecular weight is 704 g/mol. The van der Waals surface area contributed by atoms with Gasteiger partial charge in [0.15, 0.2) is 17.4 Å². The van der Waals surface area contributed by atoms with Crippen LogP contribution in [0.15, 0.2) is 29.7 Å². The van der Waals surface area contributed by atoms with Crippen LogP contribution in [0.1, 0.15) is 31.5 Å². The fourth-order valence-corrected chi connectivity index (χ4v) is 7.94. The first kappa shape index (κ1) is 32.4. The largest absolute Gasteiger partial charge is 0.386 e. The molecule has 6 rings (SSSR count). The quantitative estimate of drug-likeness (QED) is 0.0970. The number of imidazole rings is 1. The van der Waals surface area contributed by atoms with Crippen LogP contribution in [0.4, 0.5) is 11.8 Å². The van der Waals surface area contributed by atoms with Gasteiger partial charge in [0.1, 0.15) is 36.1 Å². The number of anilines is 2. The number of rotatable bonds is 11. The second-order valence-electron chi connectivity index (χ2n) is 10.7. The summed E-state index contributed by atoms with van der Waals surface area (Å²) in [6.07, 6.45) is 2.59. The Labute approximate surface area is 265 Å². The highest BCUT2D eigenvalue weighted by Crippen LogP contribution is 2.58. The third-order valence-corrected chi connectivity index (χ3v) is 10.3. The molecule has 0 bridgehead atoms. The monoisotopic (exact) mass is 703 g/mol. The van der Waals surface area contributed by atoms with Gasteiger partial charge in [-0.1, -0.05) is 24.5 Å². The molecule has 4 aromatic heterocycles. The Morgan fingerprint density at radius 3 is 2.67 bits per heavy atom. The predicted molar refractivity (Wildman–Crippen MR) is 168 cm³/mol. The number of nitrogen functional groups attached to an aromatic ring is 2. The van der Waals surface area contributed by atoms with Gasteiger partial charge in [-0.15, -0.1) is 0 Å². The van der Waals surface area contributed by atoms with Gasteiger partial charge in [0.25, 0.3) is 5.56 Å². The Morgan fingerprint density at radius 1 is 1.11 bits per heavy atom. The van der Waals surface area contributed by atoms with Gasteiger partial charge in [0.05, 0.1) is 24.9 Å². The first-order valence-electron chi connectivity index (χ1n) is 13.7. The fourth-order valence-electron chi connectivity index (χ4n) is 5.89. The van der Waals surface area contributed by atoms with Crippen molar-refractivity contribution in [1.29, 1.82) is 0 Å². The molecule has 244 valence electrons. The van der Waals surface area contributed by atoms with Gasteiger partial charge in [0, 0.05) is 19.3 Å². The third kappa shape index (κ3) is 6.81. The van der Waals surface area contributed by atoms with Crippen molar-refractivity contribution in [2.75, 3.05) is 31.8 Å². The number of hydrogen-bond donors (Lipinski definition) is 6. The second-order valence-corrected chi connectivity index (χ2v) is 16.3. The average Bonchev–Trinajstić information content (AvgIpc) is 3.75. The number of methoxy groups -OCH3 is 1. The normalized spacial score (nSPS) is 28.1. The van der Waals surface area contributed by atoms with Gasteiger partial charge in [-0.05, 0) is 31.2 Å². The zero-order chi connectivity index (χ0) is 32.1. The minimum Gasteiger partial charge on any atom is -0.383 e. The molecule has 1 unspecified atom stereocenters. The molecule has 4 aromatic rings. The Hall–Kier alpha value is -2.51. The highest BCUT2D eigenvalue weighted by Gasteiger charge is 2.51. The van der Waals surface area contributed by atoms with E-state index < -0.39 is 50.3 Å². The van der Waals surface area contributed by atoms with Crippen LogP contribution >= 0.6 is 38.1 Å². The van der Waals surface area contributed by atoms with Gasteiger partial charge >= 0.3 is 13.6 Å². The summed E-state index contributed by atoms with van der Waals surface area (Å²) in [7, 11) is 1.35. The molecule has 1 saturated carbocycles. The summed E-state index contributed by atoms with van der Waals surface area (Å²) < 4.78 is 57.2. The molecule has 0 radical (unpaired) electrons. The van der Waals surface area contributed by atoms with Crippen molar-refractivity contribution >= 4 is 72.1 Å². The standard InChI is InChI=1S/C23H31N9O9P2S2/c1-37-16-14(8-38-42(34,35)44)40-22(32-10-28-15-20(32)29-23(25)30-21(15)33)17(16)41-43(36,45)39-7-11-2-3-12(6-11)31-5-4-13-18(24)26-9-27-19(13)31/h4-5,9-12,14,16-17,22H,2-3,6-8H2,1H3,(H,36,45)(H2,24,26,27)(H2,34,35,44)(H3,25,29,30,33)/t11-,12+,14-,16-,17-,22-,43+/m1/s1. The van der Waals surface area contributed by atoms with Crippen molar-refractivity contribution in [2.24, 2.45) is 5.92 Å². The molecule has 45 heavy (non-hydrogen) atoms. The number of hydrogen-bond acceptors (Lipinski definition) is 14. The number of H-pyrrole nitrogens is 1. The van der Waals surface area contributed by atoms with Crippen LogP contribution in [-0.4, -0.2) is 77.6 Å². The molecule has 6 N–H and O–H groups in total. The second kappa shape index (κ2) is 12.6. The van der Waals surface area contributed by atoms with Crippen molar-refractivity contribution in [3.8, 4) is 0 Å². The number of nitrogens with two attached hydrogens (primary N) is 2. The molecular weight excluding hydrogens is 672 g/mol. The van der Waals surface area contributed by atoms with Gasteiger partial charge < -0.3 is 34.9 Å². The topological polar surface area (TPSA) is 247 Å². The molecule has 2 fully saturated rings. The minimum atomic E-state index is -4.20. The van der Waals surface area contributed by atoms with E-state index in [1.807, 2.05) is 12.3 Å². The van der Waals surface area contributed by atoms with Gasteiger partial charge in [-0.25, -0.2) is 24.1 Å². The van der Waals surface area contributed by atoms with Crippen LogP contribution in [0, 0.1) is 5.92 Å². The Bertz CT molecular complexity index is 1870. The molecule has 0 amide bonds. The smallest absolute Gasteiger partial charge is 0.383 e. The molecule has 0 spiro atoms. The van der Waals surface area contributed by atoms with Crippen molar-refractivity contribution in [1.82, 2.24) is 34.1 Å². The van der Waals surface area contributed by atoms with E-state index in [1.54, 1.807) is 0 Å². The maximum atomic E-state index is 13.7. The lowest BCUT2D eigenvalue weighted by atomic mass is 10.1. The first-order chi connectivity index (χ1) is 21.3. The van der Waals surface area contributed by atoms with E-state index in [0.717, 1.165) is 30.3 Å². The van der Waals surface area contributed by atoms with E-state index >= 15 is 0 Å². The van der Waals surface area contributed by atoms with E-state index in [2.05, 4.69) is 54.0 Å². The molecule has 1 aliphatic carbocycles. The summed E-state index contributed by atoms with van der Waals surface area (Å²) in [6, 6.07) is 2.01. The number of thiol groups is 2. The molecule has 18 nitrogen and oxygen atoms in total. The minimum absolute atomic E-state index is 0.0382. The maximum Gasteiger partial charge on any atom is 0.386 e. The summed E-state index contributed by atoms with van der Waals surface area (Å²) in [5.41, 5.74) is 11.9. The number of fused-ring (bicyclic) bond motifs is 2. The zero-order valence-corrected chi connectivity index (χ0v) is 27.2. The molecule has 1 aliphatic heterocycles. The summed E-state index contributed by atoms with van der Waals surface area (Å²) in [5.74, 6) is 0.273. The molecule has 1 saturated heterocycles. The number of ether oxygens (including phenoxy) is 2. The van der Waals surface area contributed by atoms with Crippen LogP contribution in [0.2, 0.25) is 0 Å². The van der Waals surface area contributed by atoms with Crippen molar-refractivity contribution in [3.63, 3.8) is 0 Å². The molecule has 2 aliphatic rings. The van der Waals surface area contributed by atoms with E-state index in [9.17, 15) is 18.8 Å². The van der Waals surface area contributed by atoms with Gasteiger partial charge in [-0.3, -0.25) is 23.4 Å². The summed E-state index contributed by atoms with van der Waals surface area (Å²) in [5, 5.41) is 0.777. The van der Waals surface area contributed by atoms with E-state index in [-0.39, 0.29) is 35.7 Å². The predicted octanol–water partition coefficient (Wildman–Crippen LogP) is 2.47. The highest BCUT2D eigenvalue weighted by atomic mass is 32.7. The van der Waals surface area contributed by atoms with Crippen LogP contribution in [-0.2, 0) is 32.2 Å². The lowest BCUT2D eigenvalue weighted by Crippen LogP contribution is -2.37. The summed E-state index contributed by atoms with van der Waals surface area (Å²) in [4.78, 5) is 41.0. The number of nitrogens with zero attached hydrogens (tertiary/aromatic N) is 6. The lowest BCUT2D eigenvalue weighted by Gasteiger charge is -2.26. The number of nitrogens with one attached hydrogen (secondary N) is 1. The van der Waals surface area contributed by atoms with E-state index in [1.165, 1.54) is 24.3 Å². The number of aromatic amines is 1. The van der Waals surface area contributed by atoms with E-state index in [0.29, 0.717) is 5.82 Å². The molecule has 8 atom stereocenters. The molecule has 22 heteroatoms.